The van der Waals surface area contributed by atoms with E-state index in [-0.39, 0.29) is 40.8 Å². The van der Waals surface area contributed by atoms with Crippen molar-refractivity contribution in [2.75, 3.05) is 21.3 Å². The summed E-state index contributed by atoms with van der Waals surface area (Å²) in [6.45, 7) is 0. The molecular formula is C33H30O8. The summed E-state index contributed by atoms with van der Waals surface area (Å²) in [6, 6.07) is 22.3. The summed E-state index contributed by atoms with van der Waals surface area (Å²) >= 11 is 0. The van der Waals surface area contributed by atoms with E-state index in [2.05, 4.69) is 0 Å². The van der Waals surface area contributed by atoms with Gasteiger partial charge in [0.1, 0.15) is 40.8 Å². The topological polar surface area (TPSA) is 104 Å². The van der Waals surface area contributed by atoms with E-state index in [9.17, 15) is 15.0 Å². The van der Waals surface area contributed by atoms with Gasteiger partial charge in [0.15, 0.2) is 17.3 Å². The predicted molar refractivity (Wildman–Crippen MR) is 151 cm³/mol. The second kappa shape index (κ2) is 10.6. The number of Topliss-reactive ketones (excluding diaryl/α,β-unsaturated/α-hetero) is 1. The van der Waals surface area contributed by atoms with E-state index in [1.54, 1.807) is 6.07 Å². The van der Waals surface area contributed by atoms with E-state index in [1.807, 2.05) is 60.7 Å². The highest BCUT2D eigenvalue weighted by atomic mass is 16.5. The molecule has 8 nitrogen and oxygen atoms in total. The number of methoxy groups -OCH3 is 3. The number of carbonyl (C=O) groups excluding carboxylic acids is 1. The summed E-state index contributed by atoms with van der Waals surface area (Å²) in [5.74, 6) is 0.241. The van der Waals surface area contributed by atoms with Crippen LogP contribution in [0.2, 0.25) is 0 Å². The molecule has 0 unspecified atom stereocenters. The van der Waals surface area contributed by atoms with Crippen molar-refractivity contribution in [2.45, 2.75) is 31.0 Å². The predicted octanol–water partition coefficient (Wildman–Crippen LogP) is 6.49. The number of ketones is 1. The maximum atomic E-state index is 13.5. The normalized spacial score (nSPS) is 19.3. The molecule has 0 fully saturated rings. The number of carbonyl (C=O) groups is 1. The van der Waals surface area contributed by atoms with Gasteiger partial charge in [-0.3, -0.25) is 4.79 Å². The molecule has 2 aliphatic heterocycles. The molecule has 8 heteroatoms. The zero-order chi connectivity index (χ0) is 28.7. The van der Waals surface area contributed by atoms with Crippen molar-refractivity contribution in [2.24, 2.45) is 0 Å². The molecule has 0 spiro atoms. The Balaban J connectivity index is 1.55. The standard InChI is InChI=1S/C33H30O8/c1-37-25-16-22(35)32(39-3)33-29(25)20(14-23(41-33)18-10-6-4-7-11-18)28-26(38-2)17-27-30(31(28)36)21(34)15-24(40-27)19-12-8-5-9-13-19/h4-13,16-17,20,23-24,35-36H,14-15H2,1-3H3/t20-,23-,24-/m0/s1. The fourth-order valence-electron chi connectivity index (χ4n) is 5.91. The van der Waals surface area contributed by atoms with Gasteiger partial charge in [-0.1, -0.05) is 60.7 Å². The van der Waals surface area contributed by atoms with Gasteiger partial charge in [0.2, 0.25) is 5.75 Å². The van der Waals surface area contributed by atoms with Crippen LogP contribution in [0.4, 0.5) is 0 Å². The lowest BCUT2D eigenvalue weighted by atomic mass is 9.79. The lowest BCUT2D eigenvalue weighted by Gasteiger charge is -2.36. The van der Waals surface area contributed by atoms with Gasteiger partial charge in [-0.25, -0.2) is 0 Å². The molecule has 2 aliphatic rings. The summed E-state index contributed by atoms with van der Waals surface area (Å²) in [5, 5.41) is 22.5. The maximum Gasteiger partial charge on any atom is 0.203 e. The number of rotatable bonds is 6. The van der Waals surface area contributed by atoms with Crippen LogP contribution < -0.4 is 23.7 Å². The van der Waals surface area contributed by atoms with Crippen LogP contribution in [0, 0.1) is 0 Å². The van der Waals surface area contributed by atoms with E-state index in [0.29, 0.717) is 34.8 Å². The number of phenols is 2. The van der Waals surface area contributed by atoms with Crippen molar-refractivity contribution in [1.82, 2.24) is 0 Å². The molecule has 0 radical (unpaired) electrons. The average Bonchev–Trinajstić information content (AvgIpc) is 3.00. The van der Waals surface area contributed by atoms with Crippen molar-refractivity contribution >= 4 is 5.78 Å². The Morgan fingerprint density at radius 3 is 1.98 bits per heavy atom. The number of fused-ring (bicyclic) bond motifs is 2. The van der Waals surface area contributed by atoms with E-state index < -0.39 is 18.1 Å². The average molecular weight is 555 g/mol. The fourth-order valence-corrected chi connectivity index (χ4v) is 5.91. The van der Waals surface area contributed by atoms with Gasteiger partial charge in [-0.05, 0) is 11.1 Å². The smallest absolute Gasteiger partial charge is 0.203 e. The molecule has 0 bridgehead atoms. The lowest BCUT2D eigenvalue weighted by Crippen LogP contribution is -2.24. The van der Waals surface area contributed by atoms with Crippen molar-refractivity contribution in [3.63, 3.8) is 0 Å². The van der Waals surface area contributed by atoms with Crippen molar-refractivity contribution in [3.05, 3.63) is 101 Å². The van der Waals surface area contributed by atoms with Crippen LogP contribution in [-0.2, 0) is 0 Å². The van der Waals surface area contributed by atoms with E-state index in [4.69, 9.17) is 23.7 Å². The SMILES string of the molecule is COc1cc2c(c(O)c1[C@@H]1C[C@@H](c3ccccc3)Oc3c(OC)c(O)cc(OC)c31)C(=O)C[C@@H](c1ccccc1)O2. The first-order valence-corrected chi connectivity index (χ1v) is 13.3. The van der Waals surface area contributed by atoms with Crippen LogP contribution in [0.25, 0.3) is 0 Å². The van der Waals surface area contributed by atoms with E-state index in [0.717, 1.165) is 11.1 Å². The molecule has 2 heterocycles. The third-order valence-corrected chi connectivity index (χ3v) is 7.80. The number of ether oxygens (including phenoxy) is 5. The molecule has 210 valence electrons. The Bertz CT molecular complexity index is 1600. The number of hydrogen-bond donors (Lipinski definition) is 2. The summed E-state index contributed by atoms with van der Waals surface area (Å²) in [5.41, 5.74) is 2.85. The largest absolute Gasteiger partial charge is 0.507 e. The van der Waals surface area contributed by atoms with Crippen LogP contribution in [0.15, 0.2) is 72.8 Å². The third-order valence-electron chi connectivity index (χ3n) is 7.80. The van der Waals surface area contributed by atoms with Gasteiger partial charge >= 0.3 is 0 Å². The zero-order valence-electron chi connectivity index (χ0n) is 22.9. The van der Waals surface area contributed by atoms with Gasteiger partial charge in [0.05, 0.1) is 27.8 Å². The number of hydrogen-bond acceptors (Lipinski definition) is 8. The Morgan fingerprint density at radius 2 is 1.37 bits per heavy atom. The van der Waals surface area contributed by atoms with E-state index in [1.165, 1.54) is 27.4 Å². The summed E-state index contributed by atoms with van der Waals surface area (Å²) in [4.78, 5) is 13.5. The van der Waals surface area contributed by atoms with Gasteiger partial charge in [0, 0.05) is 35.6 Å². The first-order chi connectivity index (χ1) is 19.9. The van der Waals surface area contributed by atoms with Crippen LogP contribution in [0.5, 0.6) is 40.2 Å². The summed E-state index contributed by atoms with van der Waals surface area (Å²) in [7, 11) is 4.45. The molecule has 0 aliphatic carbocycles. The number of aromatic hydroxyl groups is 2. The van der Waals surface area contributed by atoms with E-state index >= 15 is 0 Å². The van der Waals surface area contributed by atoms with Crippen LogP contribution in [0.1, 0.15) is 63.6 Å². The van der Waals surface area contributed by atoms with Crippen molar-refractivity contribution < 1.29 is 38.7 Å². The maximum absolute atomic E-state index is 13.5. The van der Waals surface area contributed by atoms with Crippen LogP contribution >= 0.6 is 0 Å². The van der Waals surface area contributed by atoms with Crippen LogP contribution in [0.3, 0.4) is 0 Å². The highest BCUT2D eigenvalue weighted by Gasteiger charge is 2.42. The molecule has 4 aromatic rings. The monoisotopic (exact) mass is 554 g/mol. The zero-order valence-corrected chi connectivity index (χ0v) is 22.9. The highest BCUT2D eigenvalue weighted by Crippen LogP contribution is 2.59. The van der Waals surface area contributed by atoms with Gasteiger partial charge in [0.25, 0.3) is 0 Å². The fraction of sp³-hybridized carbons (Fsp3) is 0.242. The minimum atomic E-state index is -0.562. The Morgan fingerprint density at radius 1 is 0.756 bits per heavy atom. The Kier molecular flexibility index (Phi) is 6.83. The van der Waals surface area contributed by atoms with Gasteiger partial charge in [-0.15, -0.1) is 0 Å². The molecule has 0 aromatic heterocycles. The van der Waals surface area contributed by atoms with Crippen molar-refractivity contribution in [3.8, 4) is 40.2 Å². The Hall–Kier alpha value is -4.85. The molecule has 41 heavy (non-hydrogen) atoms. The lowest BCUT2D eigenvalue weighted by molar-refractivity contribution is 0.0844. The second-order valence-electron chi connectivity index (χ2n) is 10.0. The summed E-state index contributed by atoms with van der Waals surface area (Å²) in [6.07, 6.45) is -0.488. The molecular weight excluding hydrogens is 524 g/mol. The molecule has 2 N–H and O–H groups in total. The van der Waals surface area contributed by atoms with Crippen LogP contribution in [-0.4, -0.2) is 37.3 Å². The Labute approximate surface area is 237 Å². The molecule has 6 rings (SSSR count). The number of benzene rings is 4. The molecule has 4 aromatic carbocycles. The number of phenolic OH excluding ortho intramolecular Hbond substituents is 2. The first kappa shape index (κ1) is 26.4. The molecule has 3 atom stereocenters. The van der Waals surface area contributed by atoms with Gasteiger partial charge < -0.3 is 33.9 Å². The summed E-state index contributed by atoms with van der Waals surface area (Å²) < 4.78 is 29.8. The highest BCUT2D eigenvalue weighted by molar-refractivity contribution is 6.03. The minimum absolute atomic E-state index is 0.0817. The third kappa shape index (κ3) is 4.45. The first-order valence-electron chi connectivity index (χ1n) is 13.3. The second-order valence-corrected chi connectivity index (χ2v) is 10.0. The molecule has 0 saturated heterocycles. The molecule has 0 amide bonds. The molecule has 0 saturated carbocycles. The van der Waals surface area contributed by atoms with Crippen molar-refractivity contribution in [1.29, 1.82) is 0 Å². The van der Waals surface area contributed by atoms with Gasteiger partial charge in [-0.2, -0.15) is 0 Å². The minimum Gasteiger partial charge on any atom is -0.507 e. The quantitative estimate of drug-likeness (QED) is 0.279.